The third kappa shape index (κ3) is 1.47. The summed E-state index contributed by atoms with van der Waals surface area (Å²) in [5.74, 6) is 0. The van der Waals surface area contributed by atoms with Crippen molar-refractivity contribution in [3.63, 3.8) is 0 Å². The average Bonchev–Trinajstić information content (AvgIpc) is 1.72. The van der Waals surface area contributed by atoms with Gasteiger partial charge in [-0.25, -0.2) is 0 Å². The molecule has 0 bridgehead atoms. The number of hydrogen-bond acceptors (Lipinski definition) is 1. The summed E-state index contributed by atoms with van der Waals surface area (Å²) in [5, 5.41) is 3.33. The molecule has 0 saturated carbocycles. The molecule has 0 aromatic rings. The van der Waals surface area contributed by atoms with E-state index in [4.69, 9.17) is 0 Å². The Hall–Kier alpha value is 0.759. The van der Waals surface area contributed by atoms with Crippen LogP contribution in [0.5, 0.6) is 0 Å². The Labute approximate surface area is 48.7 Å². The second-order valence-electron chi connectivity index (χ2n) is 1.50. The van der Waals surface area contributed by atoms with Gasteiger partial charge in [0.2, 0.25) is 0 Å². The molecule has 0 unspecified atom stereocenters. The monoisotopic (exact) mass is 191 g/mol. The van der Waals surface area contributed by atoms with Crippen LogP contribution in [0.2, 0.25) is 8.87 Å². The molecule has 1 saturated heterocycles. The van der Waals surface area contributed by atoms with Crippen molar-refractivity contribution in [3.8, 4) is 0 Å². The molecule has 1 aliphatic heterocycles. The van der Waals surface area contributed by atoms with Crippen molar-refractivity contribution in [2.75, 3.05) is 13.1 Å². The summed E-state index contributed by atoms with van der Waals surface area (Å²) in [6.45, 7) is 2.65. The van der Waals surface area contributed by atoms with Crippen molar-refractivity contribution in [2.45, 2.75) is 8.87 Å². The van der Waals surface area contributed by atoms with E-state index in [1.165, 1.54) is 13.1 Å². The van der Waals surface area contributed by atoms with Gasteiger partial charge in [-0.05, 0) is 0 Å². The molecule has 34 valence electrons. The first-order valence-corrected chi connectivity index (χ1v) is 6.45. The minimum atomic E-state index is 0.224. The number of nitrogens with one attached hydrogen (secondary N) is 1. The van der Waals surface area contributed by atoms with Gasteiger partial charge in [0.1, 0.15) is 0 Å². The maximum atomic E-state index is 3.33. The molecular formula is C4H9NSn. The second-order valence-corrected chi connectivity index (χ2v) is 5.78. The van der Waals surface area contributed by atoms with E-state index in [9.17, 15) is 0 Å². The van der Waals surface area contributed by atoms with Gasteiger partial charge in [-0.2, -0.15) is 0 Å². The Bertz CT molecular complexity index is 23.0. The standard InChI is InChI=1S/C4H9N.Sn/c1-3-5-4-2;/h5H,1-4H2;. The molecule has 0 amide bonds. The van der Waals surface area contributed by atoms with Gasteiger partial charge in [0, 0.05) is 0 Å². The SMILES string of the molecule is C1[CH2][Sn][CH2]CN1. The fraction of sp³-hybridized carbons (Fsp3) is 1.00. The molecule has 2 heteroatoms. The molecule has 1 heterocycles. The Kier molecular flexibility index (Phi) is 2.33. The van der Waals surface area contributed by atoms with E-state index in [0.717, 1.165) is 0 Å². The molecule has 0 spiro atoms. The molecule has 1 N–H and O–H groups in total. The van der Waals surface area contributed by atoms with Crippen LogP contribution in [0.1, 0.15) is 0 Å². The van der Waals surface area contributed by atoms with Gasteiger partial charge in [0.25, 0.3) is 0 Å². The van der Waals surface area contributed by atoms with Crippen molar-refractivity contribution in [1.29, 1.82) is 0 Å². The van der Waals surface area contributed by atoms with Crippen LogP contribution >= 0.6 is 0 Å². The van der Waals surface area contributed by atoms with Crippen molar-refractivity contribution in [3.05, 3.63) is 0 Å². The van der Waals surface area contributed by atoms with Crippen molar-refractivity contribution in [2.24, 2.45) is 0 Å². The fourth-order valence-electron chi connectivity index (χ4n) is 0.604. The Balaban J connectivity index is 2.00. The summed E-state index contributed by atoms with van der Waals surface area (Å²) in [6, 6.07) is 0. The molecule has 1 rings (SSSR count). The number of hydrogen-bond donors (Lipinski definition) is 1. The van der Waals surface area contributed by atoms with Gasteiger partial charge in [0.15, 0.2) is 0 Å². The average molecular weight is 190 g/mol. The molecule has 1 fully saturated rings. The zero-order chi connectivity index (χ0) is 4.24. The summed E-state index contributed by atoms with van der Waals surface area (Å²) < 4.78 is 3.12. The minimum absolute atomic E-state index is 0.224. The van der Waals surface area contributed by atoms with E-state index >= 15 is 0 Å². The third-order valence-corrected chi connectivity index (χ3v) is 4.40. The quantitative estimate of drug-likeness (QED) is 0.535. The van der Waals surface area contributed by atoms with Gasteiger partial charge in [-0.3, -0.25) is 0 Å². The van der Waals surface area contributed by atoms with E-state index in [1.54, 1.807) is 8.87 Å². The van der Waals surface area contributed by atoms with Crippen LogP contribution in [-0.4, -0.2) is 34.2 Å². The van der Waals surface area contributed by atoms with Crippen molar-refractivity contribution < 1.29 is 0 Å². The second kappa shape index (κ2) is 2.85. The molecule has 2 radical (unpaired) electrons. The Morgan fingerprint density at radius 1 is 1.17 bits per heavy atom. The normalized spacial score (nSPS) is 24.0. The predicted molar refractivity (Wildman–Crippen MR) is 28.2 cm³/mol. The van der Waals surface area contributed by atoms with Crippen LogP contribution in [-0.2, 0) is 0 Å². The van der Waals surface area contributed by atoms with Crippen LogP contribution in [0, 0.1) is 0 Å². The maximum absolute atomic E-state index is 3.33. The summed E-state index contributed by atoms with van der Waals surface area (Å²) in [7, 11) is 0. The van der Waals surface area contributed by atoms with Gasteiger partial charge < -0.3 is 0 Å². The third-order valence-electron chi connectivity index (χ3n) is 0.957. The topological polar surface area (TPSA) is 12.0 Å². The van der Waals surface area contributed by atoms with Crippen LogP contribution in [0.3, 0.4) is 0 Å². The summed E-state index contributed by atoms with van der Waals surface area (Å²) in [4.78, 5) is 0. The predicted octanol–water partition coefficient (Wildman–Crippen LogP) is 0.130. The van der Waals surface area contributed by atoms with Crippen LogP contribution in [0.25, 0.3) is 0 Å². The summed E-state index contributed by atoms with van der Waals surface area (Å²) in [6.07, 6.45) is 0. The zero-order valence-electron chi connectivity index (χ0n) is 3.83. The first-order chi connectivity index (χ1) is 3.00. The summed E-state index contributed by atoms with van der Waals surface area (Å²) in [5.41, 5.74) is 0. The molecule has 1 nitrogen and oxygen atoms in total. The van der Waals surface area contributed by atoms with Gasteiger partial charge in [0.05, 0.1) is 0 Å². The first kappa shape index (κ1) is 4.91. The van der Waals surface area contributed by atoms with Crippen LogP contribution in [0.15, 0.2) is 0 Å². The summed E-state index contributed by atoms with van der Waals surface area (Å²) >= 11 is 0.224. The Morgan fingerprint density at radius 3 is 2.00 bits per heavy atom. The molecule has 0 aliphatic carbocycles. The number of rotatable bonds is 0. The van der Waals surface area contributed by atoms with Gasteiger partial charge in [-0.15, -0.1) is 0 Å². The molecule has 1 aliphatic rings. The fourth-order valence-corrected chi connectivity index (χ4v) is 3.34. The van der Waals surface area contributed by atoms with E-state index in [2.05, 4.69) is 5.32 Å². The molecular weight excluding hydrogens is 181 g/mol. The van der Waals surface area contributed by atoms with Crippen molar-refractivity contribution in [1.82, 2.24) is 5.32 Å². The van der Waals surface area contributed by atoms with E-state index < -0.39 is 0 Å². The van der Waals surface area contributed by atoms with Gasteiger partial charge >= 0.3 is 48.4 Å². The zero-order valence-corrected chi connectivity index (χ0v) is 6.68. The molecule has 0 atom stereocenters. The molecule has 0 aromatic heterocycles. The van der Waals surface area contributed by atoms with E-state index in [0.29, 0.717) is 0 Å². The first-order valence-electron chi connectivity index (χ1n) is 2.41. The Morgan fingerprint density at radius 2 is 1.83 bits per heavy atom. The molecule has 6 heavy (non-hydrogen) atoms. The van der Waals surface area contributed by atoms with Gasteiger partial charge in [-0.1, -0.05) is 0 Å². The van der Waals surface area contributed by atoms with E-state index in [-0.39, 0.29) is 21.1 Å². The van der Waals surface area contributed by atoms with Crippen molar-refractivity contribution >= 4 is 21.1 Å². The molecule has 0 aromatic carbocycles. The van der Waals surface area contributed by atoms with E-state index in [1.807, 2.05) is 0 Å². The van der Waals surface area contributed by atoms with Crippen LogP contribution in [0.4, 0.5) is 0 Å². The van der Waals surface area contributed by atoms with Crippen LogP contribution < -0.4 is 5.32 Å².